The summed E-state index contributed by atoms with van der Waals surface area (Å²) in [5.74, 6) is 0.226. The van der Waals surface area contributed by atoms with Crippen LogP contribution in [0.2, 0.25) is 0 Å². The van der Waals surface area contributed by atoms with Crippen LogP contribution in [0.25, 0.3) is 10.4 Å². The van der Waals surface area contributed by atoms with E-state index in [9.17, 15) is 9.59 Å². The quantitative estimate of drug-likeness (QED) is 0.746. The van der Waals surface area contributed by atoms with E-state index < -0.39 is 5.41 Å². The van der Waals surface area contributed by atoms with Gasteiger partial charge in [0.2, 0.25) is 11.8 Å². The third-order valence-corrected chi connectivity index (χ3v) is 6.31. The van der Waals surface area contributed by atoms with Crippen molar-refractivity contribution in [3.63, 3.8) is 0 Å². The van der Waals surface area contributed by atoms with Gasteiger partial charge in [-0.25, -0.2) is 0 Å². The van der Waals surface area contributed by atoms with E-state index in [2.05, 4.69) is 35.0 Å². The highest BCUT2D eigenvalue weighted by Gasteiger charge is 2.46. The molecular weight excluding hydrogens is 368 g/mol. The molecule has 1 fully saturated rings. The normalized spacial score (nSPS) is 19.2. The van der Waals surface area contributed by atoms with Crippen LogP contribution >= 0.6 is 11.3 Å². The van der Waals surface area contributed by atoms with Gasteiger partial charge >= 0.3 is 0 Å². The summed E-state index contributed by atoms with van der Waals surface area (Å²) in [7, 11) is 0. The second kappa shape index (κ2) is 8.91. The Bertz CT molecular complexity index is 816. The van der Waals surface area contributed by atoms with Gasteiger partial charge in [-0.15, -0.1) is 11.3 Å². The van der Waals surface area contributed by atoms with E-state index in [0.717, 1.165) is 6.42 Å². The molecule has 0 aliphatic carbocycles. The number of hydrogen-bond acceptors (Lipinski definition) is 3. The minimum atomic E-state index is -0.568. The fourth-order valence-corrected chi connectivity index (χ4v) is 4.78. The number of nitrogens with zero attached hydrogens (tertiary/aromatic N) is 1. The molecule has 28 heavy (non-hydrogen) atoms. The standard InChI is InChI=1S/C23H30N2O2S/c1-4-8-21(26)25-13-12-23(16-25,22(27)24-17(2)3)15-18-9-5-6-10-19(18)20-11-7-14-28-20/h5-7,9-11,14,17H,4,8,12-13,15-16H2,1-3H3,(H,24,27)/t23-/m0/s1. The Kier molecular flexibility index (Phi) is 6.55. The predicted octanol–water partition coefficient (Wildman–Crippen LogP) is 4.50. The van der Waals surface area contributed by atoms with Crippen LogP contribution in [0.15, 0.2) is 41.8 Å². The first-order valence-electron chi connectivity index (χ1n) is 10.2. The highest BCUT2D eigenvalue weighted by atomic mass is 32.1. The van der Waals surface area contributed by atoms with Crippen LogP contribution in [-0.2, 0) is 16.0 Å². The van der Waals surface area contributed by atoms with Crippen molar-refractivity contribution in [1.29, 1.82) is 0 Å². The summed E-state index contributed by atoms with van der Waals surface area (Å²) >= 11 is 1.71. The maximum atomic E-state index is 13.3. The molecule has 0 unspecified atom stereocenters. The summed E-state index contributed by atoms with van der Waals surface area (Å²) < 4.78 is 0. The summed E-state index contributed by atoms with van der Waals surface area (Å²) in [4.78, 5) is 28.8. The molecule has 150 valence electrons. The average Bonchev–Trinajstić information content (AvgIpc) is 3.33. The molecule has 5 heteroatoms. The van der Waals surface area contributed by atoms with E-state index in [-0.39, 0.29) is 17.9 Å². The number of rotatable bonds is 7. The van der Waals surface area contributed by atoms with Crippen molar-refractivity contribution < 1.29 is 9.59 Å². The van der Waals surface area contributed by atoms with E-state index in [1.807, 2.05) is 37.8 Å². The van der Waals surface area contributed by atoms with E-state index in [1.165, 1.54) is 16.0 Å². The molecule has 2 amide bonds. The molecular formula is C23H30N2O2S. The molecule has 0 spiro atoms. The van der Waals surface area contributed by atoms with Crippen LogP contribution in [-0.4, -0.2) is 35.8 Å². The van der Waals surface area contributed by atoms with Crippen LogP contribution in [0.1, 0.15) is 45.6 Å². The zero-order valence-corrected chi connectivity index (χ0v) is 17.8. The van der Waals surface area contributed by atoms with Gasteiger partial charge in [-0.3, -0.25) is 9.59 Å². The van der Waals surface area contributed by atoms with Gasteiger partial charge in [0, 0.05) is 30.4 Å². The van der Waals surface area contributed by atoms with E-state index in [4.69, 9.17) is 0 Å². The Hall–Kier alpha value is -2.14. The average molecular weight is 399 g/mol. The first-order chi connectivity index (χ1) is 13.4. The minimum Gasteiger partial charge on any atom is -0.353 e. The van der Waals surface area contributed by atoms with Crippen LogP contribution < -0.4 is 5.32 Å². The highest BCUT2D eigenvalue weighted by Crippen LogP contribution is 2.38. The molecule has 0 saturated carbocycles. The number of carbonyl (C=O) groups excluding carboxylic acids is 2. The second-order valence-corrected chi connectivity index (χ2v) is 8.98. The summed E-state index contributed by atoms with van der Waals surface area (Å²) in [6, 6.07) is 12.6. The van der Waals surface area contributed by atoms with Crippen molar-refractivity contribution in [2.24, 2.45) is 5.41 Å². The van der Waals surface area contributed by atoms with Crippen molar-refractivity contribution >= 4 is 23.2 Å². The third kappa shape index (κ3) is 4.46. The molecule has 1 aliphatic rings. The summed E-state index contributed by atoms with van der Waals surface area (Å²) in [6.07, 6.45) is 2.74. The molecule has 2 aromatic rings. The first-order valence-corrected chi connectivity index (χ1v) is 11.0. The van der Waals surface area contributed by atoms with Crippen LogP contribution in [0.4, 0.5) is 0 Å². The molecule has 4 nitrogen and oxygen atoms in total. The Balaban J connectivity index is 1.92. The smallest absolute Gasteiger partial charge is 0.228 e. The second-order valence-electron chi connectivity index (χ2n) is 8.04. The molecule has 3 rings (SSSR count). The van der Waals surface area contributed by atoms with Gasteiger partial charge in [0.1, 0.15) is 0 Å². The molecule has 0 bridgehead atoms. The minimum absolute atomic E-state index is 0.0651. The lowest BCUT2D eigenvalue weighted by Crippen LogP contribution is -2.47. The number of carbonyl (C=O) groups is 2. The van der Waals surface area contributed by atoms with Crippen molar-refractivity contribution in [2.75, 3.05) is 13.1 Å². The largest absolute Gasteiger partial charge is 0.353 e. The number of amides is 2. The van der Waals surface area contributed by atoms with Crippen molar-refractivity contribution in [3.8, 4) is 10.4 Å². The number of thiophene rings is 1. The lowest BCUT2D eigenvalue weighted by molar-refractivity contribution is -0.133. The lowest BCUT2D eigenvalue weighted by Gasteiger charge is -2.30. The fourth-order valence-electron chi connectivity index (χ4n) is 3.99. The fraction of sp³-hybridized carbons (Fsp3) is 0.478. The number of nitrogens with one attached hydrogen (secondary N) is 1. The van der Waals surface area contributed by atoms with Crippen molar-refractivity contribution in [3.05, 3.63) is 47.3 Å². The van der Waals surface area contributed by atoms with Crippen LogP contribution in [0, 0.1) is 5.41 Å². The summed E-state index contributed by atoms with van der Waals surface area (Å²) in [5.41, 5.74) is 1.79. The van der Waals surface area contributed by atoms with E-state index >= 15 is 0 Å². The van der Waals surface area contributed by atoms with Gasteiger partial charge in [0.25, 0.3) is 0 Å². The topological polar surface area (TPSA) is 49.4 Å². The Labute approximate surface area is 172 Å². The lowest BCUT2D eigenvalue weighted by atomic mass is 9.78. The molecule has 1 saturated heterocycles. The Morgan fingerprint density at radius 3 is 2.68 bits per heavy atom. The molecule has 1 N–H and O–H groups in total. The van der Waals surface area contributed by atoms with Crippen LogP contribution in [0.5, 0.6) is 0 Å². The van der Waals surface area contributed by atoms with Crippen LogP contribution in [0.3, 0.4) is 0 Å². The summed E-state index contributed by atoms with van der Waals surface area (Å²) in [6.45, 7) is 7.15. The molecule has 0 radical (unpaired) electrons. The maximum Gasteiger partial charge on any atom is 0.228 e. The molecule has 1 atom stereocenters. The van der Waals surface area contributed by atoms with Gasteiger partial charge in [-0.2, -0.15) is 0 Å². The number of hydrogen-bond donors (Lipinski definition) is 1. The van der Waals surface area contributed by atoms with Crippen molar-refractivity contribution in [1.82, 2.24) is 10.2 Å². The zero-order valence-electron chi connectivity index (χ0n) is 17.0. The van der Waals surface area contributed by atoms with Gasteiger partial charge < -0.3 is 10.2 Å². The van der Waals surface area contributed by atoms with Gasteiger partial charge in [0.15, 0.2) is 0 Å². The molecule has 1 aromatic carbocycles. The van der Waals surface area contributed by atoms with E-state index in [0.29, 0.717) is 32.4 Å². The maximum absolute atomic E-state index is 13.3. The van der Waals surface area contributed by atoms with Gasteiger partial charge in [-0.1, -0.05) is 37.3 Å². The highest BCUT2D eigenvalue weighted by molar-refractivity contribution is 7.13. The Morgan fingerprint density at radius 1 is 1.21 bits per heavy atom. The SMILES string of the molecule is CCCC(=O)N1CC[C@@](Cc2ccccc2-c2cccs2)(C(=O)NC(C)C)C1. The molecule has 1 aliphatic heterocycles. The van der Waals surface area contributed by atoms with E-state index in [1.54, 1.807) is 11.3 Å². The number of likely N-dealkylation sites (tertiary alicyclic amines) is 1. The molecule has 1 aromatic heterocycles. The third-order valence-electron chi connectivity index (χ3n) is 5.40. The predicted molar refractivity (Wildman–Crippen MR) is 115 cm³/mol. The number of benzene rings is 1. The van der Waals surface area contributed by atoms with Crippen molar-refractivity contribution in [2.45, 2.75) is 52.5 Å². The monoisotopic (exact) mass is 398 g/mol. The Morgan fingerprint density at radius 2 is 2.00 bits per heavy atom. The zero-order chi connectivity index (χ0) is 20.1. The van der Waals surface area contributed by atoms with Gasteiger partial charge in [-0.05, 0) is 55.7 Å². The summed E-state index contributed by atoms with van der Waals surface area (Å²) in [5, 5.41) is 5.19. The molecule has 2 heterocycles. The van der Waals surface area contributed by atoms with Gasteiger partial charge in [0.05, 0.1) is 5.41 Å². The first kappa shape index (κ1) is 20.6.